The highest BCUT2D eigenvalue weighted by Gasteiger charge is 2.21. The molecule has 0 spiro atoms. The number of rotatable bonds is 5. The Bertz CT molecular complexity index is 930. The first kappa shape index (κ1) is 15.6. The molecule has 1 N–H and O–H groups in total. The monoisotopic (exact) mass is 331 g/mol. The molecule has 0 aliphatic heterocycles. The molecule has 3 rings (SSSR count). The summed E-state index contributed by atoms with van der Waals surface area (Å²) in [4.78, 5) is 0.225. The Balaban J connectivity index is 2.26. The predicted molar refractivity (Wildman–Crippen MR) is 88.3 cm³/mol. The van der Waals surface area contributed by atoms with Crippen molar-refractivity contribution in [2.45, 2.75) is 11.3 Å². The third-order valence-corrected chi connectivity index (χ3v) is 5.43. The summed E-state index contributed by atoms with van der Waals surface area (Å²) in [6.45, 7) is -0.0539. The van der Waals surface area contributed by atoms with E-state index in [0.717, 1.165) is 10.9 Å². The molecule has 5 nitrogen and oxygen atoms in total. The van der Waals surface area contributed by atoms with Crippen molar-refractivity contribution < 1.29 is 18.3 Å². The molecule has 2 aromatic carbocycles. The van der Waals surface area contributed by atoms with Gasteiger partial charge in [-0.1, -0.05) is 18.2 Å². The number of methoxy groups -OCH3 is 1. The second kappa shape index (κ2) is 6.06. The lowest BCUT2D eigenvalue weighted by Crippen LogP contribution is -2.11. The Morgan fingerprint density at radius 3 is 2.52 bits per heavy atom. The lowest BCUT2D eigenvalue weighted by atomic mass is 10.1. The molecule has 0 bridgehead atoms. The van der Waals surface area contributed by atoms with Gasteiger partial charge in [0, 0.05) is 18.2 Å². The normalized spacial score (nSPS) is 11.7. The van der Waals surface area contributed by atoms with Gasteiger partial charge >= 0.3 is 0 Å². The number of ether oxygens (including phenoxy) is 1. The molecular formula is C17H17NO4S. The van der Waals surface area contributed by atoms with E-state index >= 15 is 0 Å². The smallest absolute Gasteiger partial charge is 0.268 e. The van der Waals surface area contributed by atoms with Crippen molar-refractivity contribution in [3.8, 4) is 5.75 Å². The van der Waals surface area contributed by atoms with E-state index < -0.39 is 10.0 Å². The first-order valence-corrected chi connectivity index (χ1v) is 8.61. The van der Waals surface area contributed by atoms with Gasteiger partial charge in [-0.25, -0.2) is 12.4 Å². The van der Waals surface area contributed by atoms with Crippen molar-refractivity contribution >= 4 is 20.9 Å². The molecule has 0 radical (unpaired) electrons. The number of hydrogen-bond donors (Lipinski definition) is 1. The van der Waals surface area contributed by atoms with Crippen LogP contribution in [-0.4, -0.2) is 31.2 Å². The van der Waals surface area contributed by atoms with Crippen LogP contribution in [0.3, 0.4) is 0 Å². The van der Waals surface area contributed by atoms with Gasteiger partial charge in [0.05, 0.1) is 17.5 Å². The zero-order valence-corrected chi connectivity index (χ0v) is 13.5. The average molecular weight is 331 g/mol. The molecule has 0 unspecified atom stereocenters. The number of aromatic nitrogens is 1. The van der Waals surface area contributed by atoms with Crippen molar-refractivity contribution in [3.05, 3.63) is 60.3 Å². The predicted octanol–water partition coefficient (Wildman–Crippen LogP) is 2.42. The molecule has 0 saturated carbocycles. The number of fused-ring (bicyclic) bond motifs is 1. The fourth-order valence-electron chi connectivity index (χ4n) is 2.60. The molecule has 0 amide bonds. The minimum absolute atomic E-state index is 0.0539. The van der Waals surface area contributed by atoms with E-state index in [0.29, 0.717) is 17.7 Å². The van der Waals surface area contributed by atoms with Crippen LogP contribution in [0.2, 0.25) is 0 Å². The van der Waals surface area contributed by atoms with Gasteiger partial charge in [0.25, 0.3) is 10.0 Å². The molecule has 1 heterocycles. The number of nitrogens with zero attached hydrogens (tertiary/aromatic N) is 1. The van der Waals surface area contributed by atoms with Gasteiger partial charge in [0.1, 0.15) is 5.75 Å². The average Bonchev–Trinajstić information content (AvgIpc) is 2.94. The molecule has 0 fully saturated rings. The van der Waals surface area contributed by atoms with Crippen LogP contribution in [-0.2, 0) is 16.4 Å². The number of aliphatic hydroxyl groups is 1. The van der Waals surface area contributed by atoms with Crippen molar-refractivity contribution in [1.29, 1.82) is 0 Å². The highest BCUT2D eigenvalue weighted by molar-refractivity contribution is 7.90. The summed E-state index contributed by atoms with van der Waals surface area (Å²) in [6, 6.07) is 13.5. The minimum atomic E-state index is -3.69. The van der Waals surface area contributed by atoms with Crippen LogP contribution >= 0.6 is 0 Å². The second-order valence-electron chi connectivity index (χ2n) is 5.12. The summed E-state index contributed by atoms with van der Waals surface area (Å²) in [5, 5.41) is 10.0. The van der Waals surface area contributed by atoms with E-state index in [-0.39, 0.29) is 11.5 Å². The zero-order valence-electron chi connectivity index (χ0n) is 12.6. The Morgan fingerprint density at radius 2 is 1.87 bits per heavy atom. The third kappa shape index (κ3) is 2.71. The molecule has 0 atom stereocenters. The maximum absolute atomic E-state index is 12.9. The minimum Gasteiger partial charge on any atom is -0.497 e. The topological polar surface area (TPSA) is 68.5 Å². The first-order valence-electron chi connectivity index (χ1n) is 7.17. The van der Waals surface area contributed by atoms with Crippen molar-refractivity contribution in [2.24, 2.45) is 0 Å². The quantitative estimate of drug-likeness (QED) is 0.779. The Hall–Kier alpha value is -2.31. The molecule has 23 heavy (non-hydrogen) atoms. The van der Waals surface area contributed by atoms with E-state index in [1.807, 2.05) is 0 Å². The van der Waals surface area contributed by atoms with Gasteiger partial charge in [-0.3, -0.25) is 0 Å². The standard InChI is InChI=1S/C17H17NO4S/c1-22-14-7-8-17-16(11-14)13(9-10-19)12-18(17)23(20,21)15-5-3-2-4-6-15/h2-8,11-12,19H,9-10H2,1H3. The number of benzene rings is 2. The maximum Gasteiger partial charge on any atom is 0.268 e. The fraction of sp³-hybridized carbons (Fsp3) is 0.176. The van der Waals surface area contributed by atoms with Crippen LogP contribution in [0.15, 0.2) is 59.6 Å². The van der Waals surface area contributed by atoms with E-state index in [9.17, 15) is 13.5 Å². The Morgan fingerprint density at radius 1 is 1.13 bits per heavy atom. The van der Waals surface area contributed by atoms with Gasteiger partial charge in [-0.05, 0) is 42.3 Å². The summed E-state index contributed by atoms with van der Waals surface area (Å²) in [6.07, 6.45) is 1.95. The van der Waals surface area contributed by atoms with Crippen molar-refractivity contribution in [3.63, 3.8) is 0 Å². The SMILES string of the molecule is COc1ccc2c(c1)c(CCO)cn2S(=O)(=O)c1ccccc1. The van der Waals surface area contributed by atoms with E-state index in [2.05, 4.69) is 0 Å². The van der Waals surface area contributed by atoms with Crippen LogP contribution in [0.4, 0.5) is 0 Å². The zero-order chi connectivity index (χ0) is 16.4. The van der Waals surface area contributed by atoms with Crippen LogP contribution in [0.5, 0.6) is 5.75 Å². The number of aliphatic hydroxyl groups excluding tert-OH is 1. The fourth-order valence-corrected chi connectivity index (χ4v) is 4.01. The summed E-state index contributed by atoms with van der Waals surface area (Å²) in [5.74, 6) is 0.645. The molecule has 0 saturated heterocycles. The summed E-state index contributed by atoms with van der Waals surface area (Å²) < 4.78 is 32.3. The molecule has 120 valence electrons. The highest BCUT2D eigenvalue weighted by atomic mass is 32.2. The molecule has 1 aromatic heterocycles. The highest BCUT2D eigenvalue weighted by Crippen LogP contribution is 2.29. The molecular weight excluding hydrogens is 314 g/mol. The second-order valence-corrected chi connectivity index (χ2v) is 6.94. The van der Waals surface area contributed by atoms with Crippen molar-refractivity contribution in [2.75, 3.05) is 13.7 Å². The van der Waals surface area contributed by atoms with Gasteiger partial charge < -0.3 is 9.84 Å². The van der Waals surface area contributed by atoms with Crippen LogP contribution in [0.1, 0.15) is 5.56 Å². The van der Waals surface area contributed by atoms with Gasteiger partial charge in [0.2, 0.25) is 0 Å². The maximum atomic E-state index is 12.9. The Labute approximate surface area is 134 Å². The largest absolute Gasteiger partial charge is 0.497 e. The van der Waals surface area contributed by atoms with E-state index in [1.54, 1.807) is 61.8 Å². The Kier molecular flexibility index (Phi) is 4.11. The summed E-state index contributed by atoms with van der Waals surface area (Å²) in [7, 11) is -2.13. The number of hydrogen-bond acceptors (Lipinski definition) is 4. The van der Waals surface area contributed by atoms with Crippen LogP contribution in [0, 0.1) is 0 Å². The first-order chi connectivity index (χ1) is 11.1. The lowest BCUT2D eigenvalue weighted by molar-refractivity contribution is 0.300. The molecule has 0 aliphatic carbocycles. The van der Waals surface area contributed by atoms with Crippen LogP contribution in [0.25, 0.3) is 10.9 Å². The molecule has 6 heteroatoms. The summed E-state index contributed by atoms with van der Waals surface area (Å²) in [5.41, 5.74) is 1.33. The van der Waals surface area contributed by atoms with Crippen molar-refractivity contribution in [1.82, 2.24) is 3.97 Å². The van der Waals surface area contributed by atoms with Gasteiger partial charge in [-0.2, -0.15) is 0 Å². The van der Waals surface area contributed by atoms with Gasteiger partial charge in [0.15, 0.2) is 0 Å². The third-order valence-electron chi connectivity index (χ3n) is 3.74. The van der Waals surface area contributed by atoms with Gasteiger partial charge in [-0.15, -0.1) is 0 Å². The summed E-state index contributed by atoms with van der Waals surface area (Å²) >= 11 is 0. The van der Waals surface area contributed by atoms with E-state index in [4.69, 9.17) is 4.74 Å². The van der Waals surface area contributed by atoms with Crippen LogP contribution < -0.4 is 4.74 Å². The lowest BCUT2D eigenvalue weighted by Gasteiger charge is -2.07. The molecule has 3 aromatic rings. The van der Waals surface area contributed by atoms with E-state index in [1.165, 1.54) is 3.97 Å². The molecule has 0 aliphatic rings.